The van der Waals surface area contributed by atoms with E-state index in [1.165, 1.54) is 0 Å². The molecule has 2 aromatic heterocycles. The van der Waals surface area contributed by atoms with Gasteiger partial charge in [-0.1, -0.05) is 146 Å². The van der Waals surface area contributed by atoms with Crippen molar-refractivity contribution in [1.82, 2.24) is 14.5 Å². The van der Waals surface area contributed by atoms with Crippen LogP contribution in [0.15, 0.2) is 188 Å². The molecule has 0 bridgehead atoms. The molecular formula is C46H31N3. The highest BCUT2D eigenvalue weighted by Crippen LogP contribution is 2.40. The van der Waals surface area contributed by atoms with E-state index in [2.05, 4.69) is 187 Å². The highest BCUT2D eigenvalue weighted by atomic mass is 15.0. The van der Waals surface area contributed by atoms with Crippen LogP contribution in [-0.4, -0.2) is 14.5 Å². The van der Waals surface area contributed by atoms with Crippen LogP contribution in [-0.2, 0) is 0 Å². The van der Waals surface area contributed by atoms with Crippen molar-refractivity contribution in [1.29, 1.82) is 0 Å². The fourth-order valence-electron chi connectivity index (χ4n) is 6.85. The van der Waals surface area contributed by atoms with Crippen LogP contribution in [0.3, 0.4) is 0 Å². The molecule has 0 amide bonds. The summed E-state index contributed by atoms with van der Waals surface area (Å²) in [7, 11) is 0. The van der Waals surface area contributed by atoms with Crippen molar-refractivity contribution >= 4 is 21.9 Å². The summed E-state index contributed by atoms with van der Waals surface area (Å²) in [6.07, 6.45) is 0. The zero-order valence-corrected chi connectivity index (χ0v) is 26.7. The van der Waals surface area contributed by atoms with Crippen LogP contribution in [0.2, 0.25) is 0 Å². The summed E-state index contributed by atoms with van der Waals surface area (Å²) in [5.74, 6) is 0.697. The molecule has 0 aliphatic carbocycles. The lowest BCUT2D eigenvalue weighted by Gasteiger charge is -2.15. The van der Waals surface area contributed by atoms with Crippen molar-refractivity contribution in [2.24, 2.45) is 0 Å². The molecule has 0 aliphatic heterocycles. The van der Waals surface area contributed by atoms with Gasteiger partial charge in [0.1, 0.15) is 5.52 Å². The molecule has 9 rings (SSSR count). The molecule has 9 aromatic rings. The monoisotopic (exact) mass is 625 g/mol. The molecule has 3 heteroatoms. The topological polar surface area (TPSA) is 30.7 Å². The summed E-state index contributed by atoms with van der Waals surface area (Å²) < 4.78 is 2.32. The lowest BCUT2D eigenvalue weighted by Crippen LogP contribution is -2.00. The number of hydrogen-bond acceptors (Lipinski definition) is 2. The third-order valence-corrected chi connectivity index (χ3v) is 9.17. The molecule has 0 radical (unpaired) electrons. The predicted molar refractivity (Wildman–Crippen MR) is 204 cm³/mol. The van der Waals surface area contributed by atoms with Gasteiger partial charge in [-0.2, -0.15) is 0 Å². The van der Waals surface area contributed by atoms with Gasteiger partial charge in [0, 0.05) is 22.2 Å². The Morgan fingerprint density at radius 1 is 0.347 bits per heavy atom. The van der Waals surface area contributed by atoms with E-state index >= 15 is 0 Å². The van der Waals surface area contributed by atoms with Crippen molar-refractivity contribution in [2.75, 3.05) is 0 Å². The van der Waals surface area contributed by atoms with Crippen LogP contribution in [0.4, 0.5) is 0 Å². The molecule has 3 nitrogen and oxygen atoms in total. The van der Waals surface area contributed by atoms with Crippen LogP contribution in [0, 0.1) is 0 Å². The van der Waals surface area contributed by atoms with Crippen molar-refractivity contribution in [3.63, 3.8) is 0 Å². The average molecular weight is 626 g/mol. The first-order valence-electron chi connectivity index (χ1n) is 16.6. The van der Waals surface area contributed by atoms with Crippen molar-refractivity contribution in [2.45, 2.75) is 0 Å². The van der Waals surface area contributed by atoms with Crippen molar-refractivity contribution in [3.8, 4) is 61.7 Å². The van der Waals surface area contributed by atoms with Gasteiger partial charge in [0.2, 0.25) is 0 Å². The number of nitrogens with zero attached hydrogens (tertiary/aromatic N) is 3. The maximum atomic E-state index is 5.50. The van der Waals surface area contributed by atoms with E-state index in [1.54, 1.807) is 0 Å². The minimum absolute atomic E-state index is 0.697. The number of benzene rings is 7. The lowest BCUT2D eigenvalue weighted by molar-refractivity contribution is 1.15. The lowest BCUT2D eigenvalue weighted by atomic mass is 9.94. The second kappa shape index (κ2) is 12.2. The number of rotatable bonds is 6. The largest absolute Gasteiger partial charge is 0.306 e. The number of fused-ring (bicyclic) bond motifs is 3. The van der Waals surface area contributed by atoms with Crippen molar-refractivity contribution in [3.05, 3.63) is 188 Å². The minimum atomic E-state index is 0.697. The summed E-state index contributed by atoms with van der Waals surface area (Å²) in [5.41, 5.74) is 13.9. The molecule has 0 atom stereocenters. The Morgan fingerprint density at radius 2 is 0.816 bits per heavy atom. The molecule has 0 fully saturated rings. The fraction of sp³-hybridized carbons (Fsp3) is 0. The third kappa shape index (κ3) is 5.28. The van der Waals surface area contributed by atoms with Gasteiger partial charge < -0.3 is 4.57 Å². The Balaban J connectivity index is 1.38. The van der Waals surface area contributed by atoms with Gasteiger partial charge in [0.15, 0.2) is 5.82 Å². The Morgan fingerprint density at radius 3 is 1.45 bits per heavy atom. The molecule has 0 N–H and O–H groups in total. The molecule has 49 heavy (non-hydrogen) atoms. The summed E-state index contributed by atoms with van der Waals surface area (Å²) in [6, 6.07) is 66.2. The predicted octanol–water partition coefficient (Wildman–Crippen LogP) is 11.9. The number of hydrogen-bond donors (Lipinski definition) is 0. The van der Waals surface area contributed by atoms with E-state index in [0.717, 1.165) is 77.8 Å². The number of aromatic nitrogens is 3. The smallest absolute Gasteiger partial charge is 0.160 e. The first-order chi connectivity index (χ1) is 24.3. The molecule has 0 saturated heterocycles. The first kappa shape index (κ1) is 28.6. The molecule has 0 aliphatic rings. The minimum Gasteiger partial charge on any atom is -0.306 e. The van der Waals surface area contributed by atoms with E-state index in [9.17, 15) is 0 Å². The van der Waals surface area contributed by atoms with Gasteiger partial charge >= 0.3 is 0 Å². The van der Waals surface area contributed by atoms with Crippen molar-refractivity contribution < 1.29 is 0 Å². The van der Waals surface area contributed by atoms with Gasteiger partial charge in [-0.05, 0) is 75.8 Å². The summed E-state index contributed by atoms with van der Waals surface area (Å²) in [6.45, 7) is 0. The molecule has 230 valence electrons. The van der Waals surface area contributed by atoms with E-state index in [4.69, 9.17) is 9.97 Å². The summed E-state index contributed by atoms with van der Waals surface area (Å²) in [4.78, 5) is 10.9. The van der Waals surface area contributed by atoms with Crippen LogP contribution in [0.5, 0.6) is 0 Å². The quantitative estimate of drug-likeness (QED) is 0.184. The Labute approximate surface area is 285 Å². The zero-order chi connectivity index (χ0) is 32.6. The normalized spacial score (nSPS) is 11.3. The molecular weight excluding hydrogens is 595 g/mol. The Hall–Kier alpha value is -6.58. The van der Waals surface area contributed by atoms with Crippen LogP contribution < -0.4 is 0 Å². The SMILES string of the molecule is c1ccc(-c2cccc(-c3nc(-c4cc(-c5ccccc5)cc(-c5ccccc5)c4)c4c(n3)c3ccccc3n4-c3ccccc3)c2)cc1. The first-order valence-corrected chi connectivity index (χ1v) is 16.6. The highest BCUT2D eigenvalue weighted by Gasteiger charge is 2.22. The summed E-state index contributed by atoms with van der Waals surface area (Å²) >= 11 is 0. The molecule has 2 heterocycles. The molecule has 0 saturated carbocycles. The van der Waals surface area contributed by atoms with E-state index < -0.39 is 0 Å². The second-order valence-electron chi connectivity index (χ2n) is 12.3. The van der Waals surface area contributed by atoms with Gasteiger partial charge in [-0.25, -0.2) is 9.97 Å². The molecule has 0 spiro atoms. The second-order valence-corrected chi connectivity index (χ2v) is 12.3. The van der Waals surface area contributed by atoms with Crippen LogP contribution >= 0.6 is 0 Å². The zero-order valence-electron chi connectivity index (χ0n) is 26.7. The van der Waals surface area contributed by atoms with E-state index in [0.29, 0.717) is 5.82 Å². The Bertz CT molecular complexity index is 2510. The van der Waals surface area contributed by atoms with Gasteiger partial charge in [0.05, 0.1) is 16.7 Å². The maximum Gasteiger partial charge on any atom is 0.160 e. The standard InChI is InChI=1S/C46H31N3/c1-5-16-32(17-6-1)35-22-15-23-36(28-35)46-47-43(45-44(48-46)41-26-13-14-27-42(41)49(45)40-24-11-4-12-25-40)39-30-37(33-18-7-2-8-19-33)29-38(31-39)34-20-9-3-10-21-34/h1-31H. The molecule has 0 unspecified atom stereocenters. The van der Waals surface area contributed by atoms with Gasteiger partial charge in [0.25, 0.3) is 0 Å². The van der Waals surface area contributed by atoms with E-state index in [-0.39, 0.29) is 0 Å². The third-order valence-electron chi connectivity index (χ3n) is 9.17. The van der Waals surface area contributed by atoms with E-state index in [1.807, 2.05) is 6.07 Å². The molecule has 7 aromatic carbocycles. The summed E-state index contributed by atoms with van der Waals surface area (Å²) in [5, 5.41) is 1.09. The van der Waals surface area contributed by atoms with Crippen LogP contribution in [0.1, 0.15) is 0 Å². The highest BCUT2D eigenvalue weighted by molar-refractivity contribution is 6.12. The fourth-order valence-corrected chi connectivity index (χ4v) is 6.85. The van der Waals surface area contributed by atoms with Gasteiger partial charge in [-0.3, -0.25) is 0 Å². The average Bonchev–Trinajstić information content (AvgIpc) is 3.53. The van der Waals surface area contributed by atoms with Crippen LogP contribution in [0.25, 0.3) is 83.6 Å². The van der Waals surface area contributed by atoms with Gasteiger partial charge in [-0.15, -0.1) is 0 Å². The Kier molecular flexibility index (Phi) is 7.14. The number of para-hydroxylation sites is 2. The maximum absolute atomic E-state index is 5.50.